The highest BCUT2D eigenvalue weighted by Crippen LogP contribution is 2.30. The number of para-hydroxylation sites is 1. The van der Waals surface area contributed by atoms with E-state index in [1.54, 1.807) is 16.8 Å². The van der Waals surface area contributed by atoms with Crippen LogP contribution in [0.1, 0.15) is 32.0 Å². The number of hydrogen-bond donors (Lipinski definition) is 1. The fourth-order valence-electron chi connectivity index (χ4n) is 5.00. The summed E-state index contributed by atoms with van der Waals surface area (Å²) in [5, 5.41) is 8.54. The van der Waals surface area contributed by atoms with E-state index in [0.717, 1.165) is 66.5 Å². The van der Waals surface area contributed by atoms with Gasteiger partial charge in [-0.3, -0.25) is 4.90 Å². The minimum absolute atomic E-state index is 0.126. The second-order valence-electron chi connectivity index (χ2n) is 11.0. The van der Waals surface area contributed by atoms with Crippen molar-refractivity contribution in [1.29, 1.82) is 0 Å². The van der Waals surface area contributed by atoms with Gasteiger partial charge in [0.2, 0.25) is 0 Å². The first-order chi connectivity index (χ1) is 18.3. The Morgan fingerprint density at radius 3 is 2.34 bits per heavy atom. The fraction of sp³-hybridized carbons (Fsp3) is 0.300. The Morgan fingerprint density at radius 1 is 0.895 bits per heavy atom. The summed E-state index contributed by atoms with van der Waals surface area (Å²) in [6, 6.07) is 21.3. The Kier molecular flexibility index (Phi) is 6.19. The average Bonchev–Trinajstić information content (AvgIpc) is 3.57. The molecule has 1 saturated heterocycles. The van der Waals surface area contributed by atoms with Crippen LogP contribution in [0.5, 0.6) is 0 Å². The van der Waals surface area contributed by atoms with E-state index in [4.69, 9.17) is 4.98 Å². The SMILES string of the molecule is CC(C)(C)c1ccc(-c2nc3c(N4CCN(Cc5cn(-c6ccc(F)cc6)nn5)CC4)cccc3[nH]2)cc1. The van der Waals surface area contributed by atoms with Crippen LogP contribution in [0, 0.1) is 5.82 Å². The molecule has 194 valence electrons. The number of anilines is 1. The average molecular weight is 510 g/mol. The molecule has 2 aromatic heterocycles. The predicted molar refractivity (Wildman–Crippen MR) is 149 cm³/mol. The van der Waals surface area contributed by atoms with Gasteiger partial charge in [0.15, 0.2) is 0 Å². The predicted octanol–water partition coefficient (Wildman–Crippen LogP) is 5.57. The smallest absolute Gasteiger partial charge is 0.138 e. The molecule has 3 heterocycles. The Labute approximate surface area is 221 Å². The van der Waals surface area contributed by atoms with Gasteiger partial charge in [-0.25, -0.2) is 14.1 Å². The van der Waals surface area contributed by atoms with Crippen LogP contribution in [0.2, 0.25) is 0 Å². The molecule has 1 aliphatic rings. The lowest BCUT2D eigenvalue weighted by Crippen LogP contribution is -2.46. The molecule has 0 radical (unpaired) electrons. The topological polar surface area (TPSA) is 65.9 Å². The Morgan fingerprint density at radius 2 is 1.63 bits per heavy atom. The molecule has 1 N–H and O–H groups in total. The number of benzene rings is 3. The Hall–Kier alpha value is -4.04. The number of nitrogens with one attached hydrogen (secondary N) is 1. The summed E-state index contributed by atoms with van der Waals surface area (Å²) in [5.41, 5.74) is 7.47. The van der Waals surface area contributed by atoms with Crippen molar-refractivity contribution in [3.63, 3.8) is 0 Å². The second kappa shape index (κ2) is 9.68. The van der Waals surface area contributed by atoms with Gasteiger partial charge in [-0.2, -0.15) is 0 Å². The van der Waals surface area contributed by atoms with E-state index in [9.17, 15) is 4.39 Å². The highest BCUT2D eigenvalue weighted by atomic mass is 19.1. The van der Waals surface area contributed by atoms with E-state index < -0.39 is 0 Å². The summed E-state index contributed by atoms with van der Waals surface area (Å²) < 4.78 is 14.9. The molecule has 0 spiro atoms. The maximum atomic E-state index is 13.2. The van der Waals surface area contributed by atoms with Crippen LogP contribution in [-0.4, -0.2) is 56.0 Å². The molecule has 1 fully saturated rings. The Bertz CT molecular complexity index is 1540. The van der Waals surface area contributed by atoms with E-state index in [1.807, 2.05) is 6.20 Å². The number of piperazine rings is 1. The first-order valence-corrected chi connectivity index (χ1v) is 13.1. The molecule has 38 heavy (non-hydrogen) atoms. The molecule has 7 nitrogen and oxygen atoms in total. The van der Waals surface area contributed by atoms with Crippen molar-refractivity contribution in [2.45, 2.75) is 32.7 Å². The second-order valence-corrected chi connectivity index (χ2v) is 11.0. The zero-order chi connectivity index (χ0) is 26.3. The number of nitrogens with zero attached hydrogens (tertiary/aromatic N) is 6. The van der Waals surface area contributed by atoms with Crippen LogP contribution in [0.15, 0.2) is 72.9 Å². The third-order valence-electron chi connectivity index (χ3n) is 7.25. The van der Waals surface area contributed by atoms with E-state index >= 15 is 0 Å². The zero-order valence-electron chi connectivity index (χ0n) is 22.0. The zero-order valence-corrected chi connectivity index (χ0v) is 22.0. The molecule has 5 aromatic rings. The molecule has 3 aromatic carbocycles. The third-order valence-corrected chi connectivity index (χ3v) is 7.25. The number of aromatic nitrogens is 5. The molecular formula is C30H32FN7. The molecule has 8 heteroatoms. The summed E-state index contributed by atoms with van der Waals surface area (Å²) in [7, 11) is 0. The van der Waals surface area contributed by atoms with Crippen LogP contribution < -0.4 is 4.90 Å². The van der Waals surface area contributed by atoms with Crippen LogP contribution in [-0.2, 0) is 12.0 Å². The molecule has 6 rings (SSSR count). The molecule has 0 aliphatic carbocycles. The maximum absolute atomic E-state index is 13.2. The van der Waals surface area contributed by atoms with Gasteiger partial charge in [-0.05, 0) is 47.4 Å². The summed E-state index contributed by atoms with van der Waals surface area (Å²) in [6.07, 6.45) is 1.92. The standard InChI is InChI=1S/C30H32FN7/c1-30(2,3)22-9-7-21(8-10-22)29-32-26-5-4-6-27(28(26)33-29)37-17-15-36(16-18-37)19-24-20-38(35-34-24)25-13-11-23(31)12-14-25/h4-14,20H,15-19H2,1-3H3,(H,32,33). The van der Waals surface area contributed by atoms with E-state index in [1.165, 1.54) is 23.4 Å². The fourth-order valence-corrected chi connectivity index (χ4v) is 5.00. The van der Waals surface area contributed by atoms with Gasteiger partial charge in [0.05, 0.1) is 28.8 Å². The first kappa shape index (κ1) is 24.3. The highest BCUT2D eigenvalue weighted by molar-refractivity contribution is 5.91. The largest absolute Gasteiger partial charge is 0.367 e. The van der Waals surface area contributed by atoms with Crippen molar-refractivity contribution >= 4 is 16.7 Å². The van der Waals surface area contributed by atoms with Crippen molar-refractivity contribution in [3.8, 4) is 17.1 Å². The number of H-pyrrole nitrogens is 1. The van der Waals surface area contributed by atoms with Crippen molar-refractivity contribution < 1.29 is 4.39 Å². The van der Waals surface area contributed by atoms with Gasteiger partial charge in [0.25, 0.3) is 0 Å². The van der Waals surface area contributed by atoms with E-state index in [0.29, 0.717) is 0 Å². The minimum Gasteiger partial charge on any atom is -0.367 e. The van der Waals surface area contributed by atoms with Crippen molar-refractivity contribution in [1.82, 2.24) is 29.9 Å². The molecule has 0 saturated carbocycles. The van der Waals surface area contributed by atoms with Crippen molar-refractivity contribution in [2.24, 2.45) is 0 Å². The van der Waals surface area contributed by atoms with Gasteiger partial charge < -0.3 is 9.88 Å². The van der Waals surface area contributed by atoms with E-state index in [-0.39, 0.29) is 11.2 Å². The Balaban J connectivity index is 1.13. The van der Waals surface area contributed by atoms with Gasteiger partial charge in [-0.1, -0.05) is 56.3 Å². The van der Waals surface area contributed by atoms with Crippen LogP contribution in [0.4, 0.5) is 10.1 Å². The molecule has 0 unspecified atom stereocenters. The lowest BCUT2D eigenvalue weighted by Gasteiger charge is -2.35. The van der Waals surface area contributed by atoms with Crippen LogP contribution in [0.3, 0.4) is 0 Å². The number of hydrogen-bond acceptors (Lipinski definition) is 5. The minimum atomic E-state index is -0.261. The maximum Gasteiger partial charge on any atom is 0.138 e. The lowest BCUT2D eigenvalue weighted by atomic mass is 9.87. The normalized spacial score (nSPS) is 14.9. The van der Waals surface area contributed by atoms with Crippen molar-refractivity contribution in [3.05, 3.63) is 90.0 Å². The summed E-state index contributed by atoms with van der Waals surface area (Å²) >= 11 is 0. The first-order valence-electron chi connectivity index (χ1n) is 13.1. The molecule has 1 aliphatic heterocycles. The molecular weight excluding hydrogens is 477 g/mol. The van der Waals surface area contributed by atoms with Crippen molar-refractivity contribution in [2.75, 3.05) is 31.1 Å². The number of imidazole rings is 1. The van der Waals surface area contributed by atoms with Gasteiger partial charge in [-0.15, -0.1) is 5.10 Å². The number of halogens is 1. The quantitative estimate of drug-likeness (QED) is 0.336. The number of aromatic amines is 1. The molecule has 0 amide bonds. The lowest BCUT2D eigenvalue weighted by molar-refractivity contribution is 0.247. The van der Waals surface area contributed by atoms with Gasteiger partial charge >= 0.3 is 0 Å². The summed E-state index contributed by atoms with van der Waals surface area (Å²) in [4.78, 5) is 13.4. The summed E-state index contributed by atoms with van der Waals surface area (Å²) in [6.45, 7) is 11.1. The molecule has 0 atom stereocenters. The number of rotatable bonds is 5. The van der Waals surface area contributed by atoms with E-state index in [2.05, 4.69) is 88.3 Å². The van der Waals surface area contributed by atoms with Crippen LogP contribution >= 0.6 is 0 Å². The third kappa shape index (κ3) is 4.91. The molecule has 0 bridgehead atoms. The van der Waals surface area contributed by atoms with Crippen LogP contribution in [0.25, 0.3) is 28.1 Å². The monoisotopic (exact) mass is 509 g/mol. The van der Waals surface area contributed by atoms with Gasteiger partial charge in [0.1, 0.15) is 17.2 Å². The highest BCUT2D eigenvalue weighted by Gasteiger charge is 2.21. The summed E-state index contributed by atoms with van der Waals surface area (Å²) in [5.74, 6) is 0.638. The van der Waals surface area contributed by atoms with Gasteiger partial charge in [0, 0.05) is 38.3 Å². The number of fused-ring (bicyclic) bond motifs is 1.